The molecule has 0 aromatic heterocycles. The summed E-state index contributed by atoms with van der Waals surface area (Å²) in [6.07, 6.45) is 2.32. The molecule has 0 fully saturated rings. The predicted octanol–water partition coefficient (Wildman–Crippen LogP) is 3.20. The van der Waals surface area contributed by atoms with Gasteiger partial charge in [-0.3, -0.25) is 0 Å². The van der Waals surface area contributed by atoms with Gasteiger partial charge in [-0.2, -0.15) is 0 Å². The molecule has 0 aliphatic carbocycles. The van der Waals surface area contributed by atoms with Crippen molar-refractivity contribution in [1.82, 2.24) is 4.90 Å². The van der Waals surface area contributed by atoms with E-state index in [-0.39, 0.29) is 0 Å². The van der Waals surface area contributed by atoms with Crippen LogP contribution in [0.25, 0.3) is 0 Å². The second-order valence-corrected chi connectivity index (χ2v) is 3.38. The van der Waals surface area contributed by atoms with Gasteiger partial charge in [-0.05, 0) is 33.6 Å². The fourth-order valence-corrected chi connectivity index (χ4v) is 1.19. The molecule has 0 aliphatic heterocycles. The highest BCUT2D eigenvalue weighted by Crippen LogP contribution is 2.05. The quantitative estimate of drug-likeness (QED) is 0.549. The molecule has 0 spiro atoms. The average molecular weight is 167 g/mol. The van der Waals surface area contributed by atoms with E-state index in [1.807, 2.05) is 0 Å². The minimum Gasteiger partial charge on any atom is -0.376 e. The van der Waals surface area contributed by atoms with Crippen molar-refractivity contribution in [1.29, 1.82) is 0 Å². The second-order valence-electron chi connectivity index (χ2n) is 3.38. The highest BCUT2D eigenvalue weighted by molar-refractivity contribution is 4.91. The Labute approximate surface area is 76.8 Å². The van der Waals surface area contributed by atoms with Gasteiger partial charge in [0.05, 0.1) is 0 Å². The molecule has 0 saturated carbocycles. The second kappa shape index (κ2) is 5.87. The standard InChI is InChI=1S/C11H21N/c1-6-12(11(4)5)9-7-8-10(2)3/h2,4,6-9H2,1,3,5H3. The molecule has 0 heterocycles. The first-order valence-electron chi connectivity index (χ1n) is 4.62. The maximum atomic E-state index is 3.93. The van der Waals surface area contributed by atoms with Gasteiger partial charge in [-0.15, -0.1) is 6.58 Å². The van der Waals surface area contributed by atoms with Crippen LogP contribution in [-0.2, 0) is 0 Å². The van der Waals surface area contributed by atoms with E-state index in [0.29, 0.717) is 0 Å². The Morgan fingerprint density at radius 3 is 2.17 bits per heavy atom. The summed E-state index contributed by atoms with van der Waals surface area (Å²) in [6.45, 7) is 16.3. The van der Waals surface area contributed by atoms with Crippen LogP contribution in [0.1, 0.15) is 33.6 Å². The Kier molecular flexibility index (Phi) is 5.52. The van der Waals surface area contributed by atoms with Crippen molar-refractivity contribution in [3.8, 4) is 0 Å². The lowest BCUT2D eigenvalue weighted by Gasteiger charge is -2.22. The molecule has 1 heteroatoms. The lowest BCUT2D eigenvalue weighted by Crippen LogP contribution is -2.21. The zero-order valence-electron chi connectivity index (χ0n) is 8.69. The van der Waals surface area contributed by atoms with Crippen molar-refractivity contribution in [3.63, 3.8) is 0 Å². The molecule has 0 aromatic carbocycles. The van der Waals surface area contributed by atoms with Crippen LogP contribution in [0.15, 0.2) is 24.4 Å². The average Bonchev–Trinajstić information content (AvgIpc) is 1.96. The minimum absolute atomic E-state index is 1.06. The Morgan fingerprint density at radius 1 is 1.25 bits per heavy atom. The molecule has 1 nitrogen and oxygen atoms in total. The summed E-state index contributed by atoms with van der Waals surface area (Å²) < 4.78 is 0. The van der Waals surface area contributed by atoms with Crippen LogP contribution in [0, 0.1) is 0 Å². The summed E-state index contributed by atoms with van der Waals surface area (Å²) in [6, 6.07) is 0. The van der Waals surface area contributed by atoms with Gasteiger partial charge in [0.25, 0.3) is 0 Å². The Bertz CT molecular complexity index is 158. The zero-order valence-corrected chi connectivity index (χ0v) is 8.69. The van der Waals surface area contributed by atoms with E-state index in [1.165, 1.54) is 17.7 Å². The number of nitrogens with zero attached hydrogens (tertiary/aromatic N) is 1. The molecule has 70 valence electrons. The third kappa shape index (κ3) is 5.00. The first-order chi connectivity index (χ1) is 5.57. The molecular formula is C11H21N. The third-order valence-electron chi connectivity index (χ3n) is 1.95. The lowest BCUT2D eigenvalue weighted by molar-refractivity contribution is 0.359. The Hall–Kier alpha value is -0.720. The van der Waals surface area contributed by atoms with Crippen molar-refractivity contribution in [3.05, 3.63) is 24.4 Å². The van der Waals surface area contributed by atoms with Gasteiger partial charge in [0, 0.05) is 18.8 Å². The van der Waals surface area contributed by atoms with E-state index in [9.17, 15) is 0 Å². The lowest BCUT2D eigenvalue weighted by atomic mass is 10.2. The van der Waals surface area contributed by atoms with Crippen molar-refractivity contribution >= 4 is 0 Å². The van der Waals surface area contributed by atoms with Gasteiger partial charge in [0.2, 0.25) is 0 Å². The van der Waals surface area contributed by atoms with Gasteiger partial charge in [0.1, 0.15) is 0 Å². The number of rotatable bonds is 6. The first kappa shape index (κ1) is 11.3. The van der Waals surface area contributed by atoms with Crippen LogP contribution < -0.4 is 0 Å². The summed E-state index contributed by atoms with van der Waals surface area (Å²) in [7, 11) is 0. The topological polar surface area (TPSA) is 3.24 Å². The van der Waals surface area contributed by atoms with Gasteiger partial charge in [-0.25, -0.2) is 0 Å². The van der Waals surface area contributed by atoms with E-state index in [1.54, 1.807) is 0 Å². The zero-order chi connectivity index (χ0) is 9.56. The van der Waals surface area contributed by atoms with Crippen molar-refractivity contribution in [2.45, 2.75) is 33.6 Å². The van der Waals surface area contributed by atoms with Gasteiger partial charge in [0.15, 0.2) is 0 Å². The summed E-state index contributed by atoms with van der Waals surface area (Å²) in [4.78, 5) is 2.29. The van der Waals surface area contributed by atoms with Crippen LogP contribution in [0.4, 0.5) is 0 Å². The normalized spacial score (nSPS) is 9.58. The maximum Gasteiger partial charge on any atom is 0.0177 e. The van der Waals surface area contributed by atoms with Gasteiger partial charge < -0.3 is 4.90 Å². The third-order valence-corrected chi connectivity index (χ3v) is 1.95. The predicted molar refractivity (Wildman–Crippen MR) is 56.1 cm³/mol. The van der Waals surface area contributed by atoms with Crippen LogP contribution in [0.5, 0.6) is 0 Å². The molecule has 0 bridgehead atoms. The smallest absolute Gasteiger partial charge is 0.0177 e. The molecular weight excluding hydrogens is 146 g/mol. The van der Waals surface area contributed by atoms with E-state index in [0.717, 1.165) is 19.5 Å². The van der Waals surface area contributed by atoms with E-state index in [2.05, 4.69) is 38.8 Å². The molecule has 0 radical (unpaired) electrons. The Morgan fingerprint density at radius 2 is 1.83 bits per heavy atom. The van der Waals surface area contributed by atoms with E-state index >= 15 is 0 Å². The molecule has 0 saturated heterocycles. The summed E-state index contributed by atoms with van der Waals surface area (Å²) >= 11 is 0. The van der Waals surface area contributed by atoms with Crippen molar-refractivity contribution in [2.75, 3.05) is 13.1 Å². The van der Waals surface area contributed by atoms with Crippen molar-refractivity contribution < 1.29 is 0 Å². The van der Waals surface area contributed by atoms with E-state index in [4.69, 9.17) is 0 Å². The van der Waals surface area contributed by atoms with Crippen LogP contribution in [0.2, 0.25) is 0 Å². The van der Waals surface area contributed by atoms with Gasteiger partial charge >= 0.3 is 0 Å². The Balaban J connectivity index is 3.59. The molecule has 0 rings (SSSR count). The molecule has 0 aliphatic rings. The van der Waals surface area contributed by atoms with Crippen LogP contribution >= 0.6 is 0 Å². The fourth-order valence-electron chi connectivity index (χ4n) is 1.19. The van der Waals surface area contributed by atoms with Crippen molar-refractivity contribution in [2.24, 2.45) is 0 Å². The summed E-state index contributed by atoms with van der Waals surface area (Å²) in [5, 5.41) is 0. The summed E-state index contributed by atoms with van der Waals surface area (Å²) in [5.74, 6) is 0. The number of allylic oxidation sites excluding steroid dienone is 2. The monoisotopic (exact) mass is 167 g/mol. The molecule has 0 N–H and O–H groups in total. The maximum absolute atomic E-state index is 3.93. The first-order valence-corrected chi connectivity index (χ1v) is 4.62. The van der Waals surface area contributed by atoms with Crippen LogP contribution in [0.3, 0.4) is 0 Å². The molecule has 12 heavy (non-hydrogen) atoms. The fraction of sp³-hybridized carbons (Fsp3) is 0.636. The van der Waals surface area contributed by atoms with Crippen LogP contribution in [-0.4, -0.2) is 18.0 Å². The molecule has 0 atom stereocenters. The van der Waals surface area contributed by atoms with Gasteiger partial charge in [-0.1, -0.05) is 12.2 Å². The molecule has 0 unspecified atom stereocenters. The number of hydrogen-bond acceptors (Lipinski definition) is 1. The SMILES string of the molecule is C=C(C)CCCN(CC)C(=C)C. The molecule has 0 amide bonds. The number of hydrogen-bond donors (Lipinski definition) is 0. The molecule has 0 aromatic rings. The largest absolute Gasteiger partial charge is 0.376 e. The highest BCUT2D eigenvalue weighted by Gasteiger charge is 1.99. The van der Waals surface area contributed by atoms with E-state index < -0.39 is 0 Å². The highest BCUT2D eigenvalue weighted by atomic mass is 15.1. The summed E-state index contributed by atoms with van der Waals surface area (Å²) in [5.41, 5.74) is 2.44. The minimum atomic E-state index is 1.06.